The maximum absolute atomic E-state index is 12.6. The van der Waals surface area contributed by atoms with Crippen LogP contribution >= 0.6 is 15.9 Å². The Morgan fingerprint density at radius 1 is 1.12 bits per heavy atom. The molecule has 2 fully saturated rings. The number of hydrogen-bond acceptors (Lipinski definition) is 5. The highest BCUT2D eigenvalue weighted by atomic mass is 79.9. The molecule has 0 unspecified atom stereocenters. The third kappa shape index (κ3) is 2.40. The van der Waals surface area contributed by atoms with Gasteiger partial charge in [0.05, 0.1) is 36.7 Å². The predicted octanol–water partition coefficient (Wildman–Crippen LogP) is 2.61. The molecule has 0 spiro atoms. The number of carbonyl (C=O) groups is 2. The SMILES string of the molecule is COc1cc(/C=N\N2C(=O)[C@@H]3[C@@H](C2=O)[C@H]2C=C[C@@H]3C2)cc(Br)c1OC. The van der Waals surface area contributed by atoms with Crippen LogP contribution in [0.3, 0.4) is 0 Å². The molecular weight excluding hydrogens is 388 g/mol. The van der Waals surface area contributed by atoms with Gasteiger partial charge in [0.25, 0.3) is 11.8 Å². The number of fused-ring (bicyclic) bond motifs is 5. The molecule has 1 aromatic rings. The van der Waals surface area contributed by atoms with Crippen molar-refractivity contribution in [1.82, 2.24) is 5.01 Å². The van der Waals surface area contributed by atoms with Crippen LogP contribution in [-0.2, 0) is 9.59 Å². The number of amides is 2. The molecule has 4 rings (SSSR count). The van der Waals surface area contributed by atoms with Crippen molar-refractivity contribution in [2.45, 2.75) is 6.42 Å². The molecule has 2 aliphatic carbocycles. The van der Waals surface area contributed by atoms with Crippen LogP contribution in [0.2, 0.25) is 0 Å². The fourth-order valence-electron chi connectivity index (χ4n) is 4.14. The van der Waals surface area contributed by atoms with Gasteiger partial charge in [0.2, 0.25) is 0 Å². The van der Waals surface area contributed by atoms with Crippen molar-refractivity contribution in [3.63, 3.8) is 0 Å². The summed E-state index contributed by atoms with van der Waals surface area (Å²) in [7, 11) is 3.10. The topological polar surface area (TPSA) is 68.2 Å². The number of hydrazone groups is 1. The number of ether oxygens (including phenoxy) is 2. The first kappa shape index (κ1) is 16.3. The fourth-order valence-corrected chi connectivity index (χ4v) is 4.76. The summed E-state index contributed by atoms with van der Waals surface area (Å²) >= 11 is 3.42. The van der Waals surface area contributed by atoms with Gasteiger partial charge in [-0.2, -0.15) is 10.1 Å². The smallest absolute Gasteiger partial charge is 0.254 e. The summed E-state index contributed by atoms with van der Waals surface area (Å²) in [6, 6.07) is 3.53. The molecule has 4 atom stereocenters. The second-order valence-electron chi connectivity index (χ2n) is 6.47. The zero-order valence-electron chi connectivity index (χ0n) is 13.8. The Morgan fingerprint density at radius 2 is 1.76 bits per heavy atom. The number of allylic oxidation sites excluding steroid dienone is 2. The molecule has 2 bridgehead atoms. The Balaban J connectivity index is 1.60. The number of halogens is 1. The third-order valence-electron chi connectivity index (χ3n) is 5.23. The third-order valence-corrected chi connectivity index (χ3v) is 5.81. The van der Waals surface area contributed by atoms with E-state index in [1.807, 2.05) is 0 Å². The molecule has 1 saturated heterocycles. The zero-order chi connectivity index (χ0) is 17.7. The molecular formula is C18H17BrN2O4. The molecule has 25 heavy (non-hydrogen) atoms. The lowest BCUT2D eigenvalue weighted by Crippen LogP contribution is -2.28. The molecule has 1 saturated carbocycles. The number of nitrogens with zero attached hydrogens (tertiary/aromatic N) is 2. The average molecular weight is 405 g/mol. The van der Waals surface area contributed by atoms with E-state index in [9.17, 15) is 9.59 Å². The summed E-state index contributed by atoms with van der Waals surface area (Å²) < 4.78 is 11.3. The molecule has 1 heterocycles. The maximum Gasteiger partial charge on any atom is 0.254 e. The minimum absolute atomic E-state index is 0.182. The average Bonchev–Trinajstić information content (AvgIpc) is 3.27. The fraction of sp³-hybridized carbons (Fsp3) is 0.389. The van der Waals surface area contributed by atoms with Gasteiger partial charge < -0.3 is 9.47 Å². The second kappa shape index (κ2) is 5.98. The standard InChI is InChI=1S/C18H17BrN2O4/c1-24-13-6-9(5-12(19)16(13)25-2)8-20-21-17(22)14-10-3-4-11(7-10)15(14)18(21)23/h3-6,8,10-11,14-15H,7H2,1-2H3/b20-8-/t10-,11+,14-,15-/m0/s1. The summed E-state index contributed by atoms with van der Waals surface area (Å²) in [6.45, 7) is 0. The van der Waals surface area contributed by atoms with Crippen molar-refractivity contribution in [1.29, 1.82) is 0 Å². The summed E-state index contributed by atoms with van der Waals surface area (Å²) in [5.74, 6) is 0.615. The minimum Gasteiger partial charge on any atom is -0.493 e. The number of carbonyl (C=O) groups excluding carboxylic acids is 2. The highest BCUT2D eigenvalue weighted by Gasteiger charge is 2.59. The van der Waals surface area contributed by atoms with Crippen molar-refractivity contribution in [3.05, 3.63) is 34.3 Å². The van der Waals surface area contributed by atoms with Gasteiger partial charge in [-0.05, 0) is 51.9 Å². The predicted molar refractivity (Wildman–Crippen MR) is 94.4 cm³/mol. The Kier molecular flexibility index (Phi) is 3.91. The van der Waals surface area contributed by atoms with Crippen LogP contribution in [0.15, 0.2) is 33.9 Å². The highest BCUT2D eigenvalue weighted by Crippen LogP contribution is 2.52. The van der Waals surface area contributed by atoms with Gasteiger partial charge in [-0.25, -0.2) is 0 Å². The first-order valence-corrected chi connectivity index (χ1v) is 8.86. The van der Waals surface area contributed by atoms with E-state index in [2.05, 4.69) is 33.2 Å². The largest absolute Gasteiger partial charge is 0.493 e. The maximum atomic E-state index is 12.6. The summed E-state index contributed by atoms with van der Waals surface area (Å²) in [4.78, 5) is 25.2. The van der Waals surface area contributed by atoms with Crippen LogP contribution < -0.4 is 9.47 Å². The Morgan fingerprint density at radius 3 is 2.32 bits per heavy atom. The van der Waals surface area contributed by atoms with E-state index in [-0.39, 0.29) is 35.5 Å². The number of imide groups is 1. The molecule has 0 radical (unpaired) electrons. The molecule has 3 aliphatic rings. The van der Waals surface area contributed by atoms with Gasteiger partial charge >= 0.3 is 0 Å². The van der Waals surface area contributed by atoms with Crippen molar-refractivity contribution < 1.29 is 19.1 Å². The van der Waals surface area contributed by atoms with Crippen molar-refractivity contribution >= 4 is 34.0 Å². The molecule has 0 N–H and O–H groups in total. The van der Waals surface area contributed by atoms with E-state index in [1.165, 1.54) is 6.21 Å². The first-order chi connectivity index (χ1) is 12.0. The van der Waals surface area contributed by atoms with Gasteiger partial charge in [-0.15, -0.1) is 0 Å². The second-order valence-corrected chi connectivity index (χ2v) is 7.33. The molecule has 6 nitrogen and oxygen atoms in total. The summed E-state index contributed by atoms with van der Waals surface area (Å²) in [6.07, 6.45) is 6.54. The summed E-state index contributed by atoms with van der Waals surface area (Å²) in [5, 5.41) is 5.20. The van der Waals surface area contributed by atoms with Crippen molar-refractivity contribution in [2.24, 2.45) is 28.8 Å². The Bertz CT molecular complexity index is 790. The van der Waals surface area contributed by atoms with Gasteiger partial charge in [-0.1, -0.05) is 12.2 Å². The lowest BCUT2D eigenvalue weighted by molar-refractivity contribution is -0.140. The van der Waals surface area contributed by atoms with E-state index in [0.717, 1.165) is 11.4 Å². The molecule has 2 amide bonds. The van der Waals surface area contributed by atoms with Crippen molar-refractivity contribution in [3.8, 4) is 11.5 Å². The Labute approximate surface area is 153 Å². The van der Waals surface area contributed by atoms with Gasteiger partial charge in [0, 0.05) is 0 Å². The minimum atomic E-state index is -0.239. The van der Waals surface area contributed by atoms with Crippen LogP contribution in [0.5, 0.6) is 11.5 Å². The van der Waals surface area contributed by atoms with Crippen molar-refractivity contribution in [2.75, 3.05) is 14.2 Å². The normalized spacial score (nSPS) is 29.8. The van der Waals surface area contributed by atoms with E-state index >= 15 is 0 Å². The number of benzene rings is 1. The van der Waals surface area contributed by atoms with Crippen LogP contribution in [0, 0.1) is 23.7 Å². The molecule has 0 aromatic heterocycles. The number of methoxy groups -OCH3 is 2. The molecule has 1 aromatic carbocycles. The van der Waals surface area contributed by atoms with E-state index in [4.69, 9.17) is 9.47 Å². The van der Waals surface area contributed by atoms with Crippen LogP contribution in [0.25, 0.3) is 0 Å². The molecule has 1 aliphatic heterocycles. The van der Waals surface area contributed by atoms with Crippen LogP contribution in [0.1, 0.15) is 12.0 Å². The molecule has 130 valence electrons. The van der Waals surface area contributed by atoms with E-state index < -0.39 is 0 Å². The van der Waals surface area contributed by atoms with E-state index in [1.54, 1.807) is 26.4 Å². The highest BCUT2D eigenvalue weighted by molar-refractivity contribution is 9.10. The quantitative estimate of drug-likeness (QED) is 0.439. The van der Waals surface area contributed by atoms with Gasteiger partial charge in [-0.3, -0.25) is 9.59 Å². The first-order valence-electron chi connectivity index (χ1n) is 8.06. The molecule has 7 heteroatoms. The van der Waals surface area contributed by atoms with Gasteiger partial charge in [0.1, 0.15) is 0 Å². The van der Waals surface area contributed by atoms with Crippen LogP contribution in [-0.4, -0.2) is 37.3 Å². The van der Waals surface area contributed by atoms with E-state index in [0.29, 0.717) is 21.5 Å². The number of rotatable bonds is 4. The lowest BCUT2D eigenvalue weighted by Gasteiger charge is -2.13. The zero-order valence-corrected chi connectivity index (χ0v) is 15.4. The monoisotopic (exact) mass is 404 g/mol. The van der Waals surface area contributed by atoms with Gasteiger partial charge in [0.15, 0.2) is 11.5 Å². The number of hydrogen-bond donors (Lipinski definition) is 0. The Hall–Kier alpha value is -2.15. The summed E-state index contributed by atoms with van der Waals surface area (Å²) in [5.41, 5.74) is 0.697. The van der Waals surface area contributed by atoms with Crippen LogP contribution in [0.4, 0.5) is 0 Å². The lowest BCUT2D eigenvalue weighted by atomic mass is 9.85.